The maximum absolute atomic E-state index is 12.7. The van der Waals surface area contributed by atoms with E-state index in [1.165, 1.54) is 6.42 Å². The first-order chi connectivity index (χ1) is 13.3. The van der Waals surface area contributed by atoms with Gasteiger partial charge in [0.1, 0.15) is 11.6 Å². The third kappa shape index (κ3) is 3.16. The normalized spacial score (nSPS) is 18.2. The Morgan fingerprint density at radius 2 is 1.93 bits per heavy atom. The molecule has 0 saturated carbocycles. The van der Waals surface area contributed by atoms with Gasteiger partial charge in [-0.05, 0) is 50.4 Å². The summed E-state index contributed by atoms with van der Waals surface area (Å²) in [7, 11) is 0. The third-order valence-electron chi connectivity index (χ3n) is 5.94. The summed E-state index contributed by atoms with van der Waals surface area (Å²) in [6.07, 6.45) is 6.15. The van der Waals surface area contributed by atoms with E-state index in [2.05, 4.69) is 24.6 Å². The molecule has 7 nitrogen and oxygen atoms in total. The van der Waals surface area contributed by atoms with Crippen LogP contribution in [0, 0.1) is 5.92 Å². The molecule has 2 aliphatic heterocycles. The van der Waals surface area contributed by atoms with Crippen molar-refractivity contribution in [3.8, 4) is 0 Å². The van der Waals surface area contributed by atoms with E-state index < -0.39 is 0 Å². The minimum absolute atomic E-state index is 0.0713. The largest absolute Gasteiger partial charge is 0.314 e. The number of nitrogens with zero attached hydrogens (tertiary/aromatic N) is 6. The molecule has 140 valence electrons. The molecule has 0 radical (unpaired) electrons. The molecule has 4 heterocycles. The van der Waals surface area contributed by atoms with Gasteiger partial charge in [-0.2, -0.15) is 0 Å². The summed E-state index contributed by atoms with van der Waals surface area (Å²) in [4.78, 5) is 19.6. The van der Waals surface area contributed by atoms with Gasteiger partial charge in [-0.3, -0.25) is 14.3 Å². The monoisotopic (exact) mass is 364 g/mol. The second-order valence-corrected chi connectivity index (χ2v) is 7.73. The van der Waals surface area contributed by atoms with E-state index in [1.807, 2.05) is 24.3 Å². The van der Waals surface area contributed by atoms with Crippen molar-refractivity contribution in [3.63, 3.8) is 0 Å². The minimum Gasteiger partial charge on any atom is -0.314 e. The zero-order chi connectivity index (χ0) is 18.2. The summed E-state index contributed by atoms with van der Waals surface area (Å²) in [5.41, 5.74) is 0.844. The van der Waals surface area contributed by atoms with Crippen LogP contribution < -0.4 is 5.56 Å². The van der Waals surface area contributed by atoms with Crippen LogP contribution in [0.4, 0.5) is 0 Å². The van der Waals surface area contributed by atoms with Gasteiger partial charge in [0, 0.05) is 19.5 Å². The van der Waals surface area contributed by atoms with E-state index in [0.29, 0.717) is 11.3 Å². The Morgan fingerprint density at radius 1 is 1.07 bits per heavy atom. The fraction of sp³-hybridized carbons (Fsp3) is 0.500. The predicted molar refractivity (Wildman–Crippen MR) is 102 cm³/mol. The van der Waals surface area contributed by atoms with Crippen LogP contribution in [0.2, 0.25) is 0 Å². The quantitative estimate of drug-likeness (QED) is 0.707. The predicted octanol–water partition coefficient (Wildman–Crippen LogP) is 1.85. The molecule has 0 aliphatic carbocycles. The van der Waals surface area contributed by atoms with Crippen LogP contribution >= 0.6 is 0 Å². The molecular formula is C20H24N6O. The summed E-state index contributed by atoms with van der Waals surface area (Å²) in [6, 6.07) is 7.57. The molecule has 27 heavy (non-hydrogen) atoms. The van der Waals surface area contributed by atoms with Crippen molar-refractivity contribution in [2.24, 2.45) is 5.92 Å². The number of benzene rings is 1. The summed E-state index contributed by atoms with van der Waals surface area (Å²) in [5.74, 6) is 2.77. The van der Waals surface area contributed by atoms with Crippen LogP contribution in [0.25, 0.3) is 10.9 Å². The number of piperidine rings is 1. The molecule has 7 heteroatoms. The lowest BCUT2D eigenvalue weighted by molar-refractivity contribution is 0.161. The average Bonchev–Trinajstić information content (AvgIpc) is 3.31. The molecule has 1 saturated heterocycles. The molecule has 0 atom stereocenters. The van der Waals surface area contributed by atoms with E-state index in [-0.39, 0.29) is 5.56 Å². The highest BCUT2D eigenvalue weighted by atomic mass is 16.1. The van der Waals surface area contributed by atoms with E-state index in [1.54, 1.807) is 10.9 Å². The summed E-state index contributed by atoms with van der Waals surface area (Å²) in [6.45, 7) is 4.79. The topological polar surface area (TPSA) is 68.8 Å². The molecule has 0 spiro atoms. The van der Waals surface area contributed by atoms with Gasteiger partial charge in [0.2, 0.25) is 0 Å². The highest BCUT2D eigenvalue weighted by molar-refractivity contribution is 5.76. The van der Waals surface area contributed by atoms with Gasteiger partial charge in [-0.1, -0.05) is 12.1 Å². The molecule has 1 fully saturated rings. The zero-order valence-electron chi connectivity index (χ0n) is 15.4. The molecule has 3 aromatic rings. The first-order valence-corrected chi connectivity index (χ1v) is 9.85. The van der Waals surface area contributed by atoms with Gasteiger partial charge >= 0.3 is 0 Å². The average molecular weight is 364 g/mol. The Morgan fingerprint density at radius 3 is 2.81 bits per heavy atom. The lowest BCUT2D eigenvalue weighted by Gasteiger charge is -2.31. The Kier molecular flexibility index (Phi) is 4.24. The van der Waals surface area contributed by atoms with Crippen LogP contribution in [0.5, 0.6) is 0 Å². The number of likely N-dealkylation sites (tertiary alicyclic amines) is 1. The molecule has 5 rings (SSSR count). The van der Waals surface area contributed by atoms with Crippen LogP contribution in [0.15, 0.2) is 35.4 Å². The highest BCUT2D eigenvalue weighted by Crippen LogP contribution is 2.21. The molecule has 0 unspecified atom stereocenters. The van der Waals surface area contributed by atoms with Crippen molar-refractivity contribution in [1.82, 2.24) is 29.2 Å². The summed E-state index contributed by atoms with van der Waals surface area (Å²) < 4.78 is 4.07. The van der Waals surface area contributed by atoms with Crippen molar-refractivity contribution in [3.05, 3.63) is 52.6 Å². The van der Waals surface area contributed by atoms with Crippen molar-refractivity contribution >= 4 is 10.9 Å². The number of hydrogen-bond donors (Lipinski definition) is 0. The Hall–Kier alpha value is -2.54. The molecule has 2 aliphatic rings. The number of para-hydroxylation sites is 1. The number of aryl methyl sites for hydroxylation is 1. The Bertz CT molecular complexity index is 1010. The zero-order valence-corrected chi connectivity index (χ0v) is 15.4. The van der Waals surface area contributed by atoms with E-state index in [0.717, 1.165) is 69.2 Å². The summed E-state index contributed by atoms with van der Waals surface area (Å²) >= 11 is 0. The Labute approximate surface area is 157 Å². The van der Waals surface area contributed by atoms with Gasteiger partial charge in [-0.25, -0.2) is 4.98 Å². The fourth-order valence-corrected chi connectivity index (χ4v) is 4.37. The van der Waals surface area contributed by atoms with Gasteiger partial charge < -0.3 is 4.57 Å². The lowest BCUT2D eigenvalue weighted by atomic mass is 9.96. The number of aromatic nitrogens is 5. The van der Waals surface area contributed by atoms with Crippen LogP contribution in [0.3, 0.4) is 0 Å². The third-order valence-corrected chi connectivity index (χ3v) is 5.94. The maximum Gasteiger partial charge on any atom is 0.261 e. The molecule has 0 bridgehead atoms. The smallest absolute Gasteiger partial charge is 0.261 e. The Balaban J connectivity index is 1.22. The summed E-state index contributed by atoms with van der Waals surface area (Å²) in [5, 5.41) is 9.39. The molecule has 0 amide bonds. The van der Waals surface area contributed by atoms with Crippen molar-refractivity contribution < 1.29 is 0 Å². The van der Waals surface area contributed by atoms with Crippen molar-refractivity contribution in [1.29, 1.82) is 0 Å². The lowest BCUT2D eigenvalue weighted by Crippen LogP contribution is -2.36. The number of fused-ring (bicyclic) bond motifs is 2. The van der Waals surface area contributed by atoms with E-state index in [4.69, 9.17) is 0 Å². The molecule has 0 N–H and O–H groups in total. The van der Waals surface area contributed by atoms with Gasteiger partial charge in [-0.15, -0.1) is 10.2 Å². The van der Waals surface area contributed by atoms with Crippen molar-refractivity contribution in [2.75, 3.05) is 13.1 Å². The molecular weight excluding hydrogens is 340 g/mol. The molecule has 2 aromatic heterocycles. The van der Waals surface area contributed by atoms with Crippen LogP contribution in [-0.4, -0.2) is 42.3 Å². The SMILES string of the molecule is O=c1c2ccccc2ncn1CC1CCN(Cc2nnc3n2CCC3)CC1. The van der Waals surface area contributed by atoms with E-state index in [9.17, 15) is 4.79 Å². The van der Waals surface area contributed by atoms with E-state index >= 15 is 0 Å². The maximum atomic E-state index is 12.7. The number of hydrogen-bond acceptors (Lipinski definition) is 5. The first kappa shape index (κ1) is 16.6. The van der Waals surface area contributed by atoms with Crippen LogP contribution in [0.1, 0.15) is 30.9 Å². The first-order valence-electron chi connectivity index (χ1n) is 9.85. The van der Waals surface area contributed by atoms with Gasteiger partial charge in [0.05, 0.1) is 23.8 Å². The van der Waals surface area contributed by atoms with Gasteiger partial charge in [0.25, 0.3) is 5.56 Å². The second-order valence-electron chi connectivity index (χ2n) is 7.73. The highest BCUT2D eigenvalue weighted by Gasteiger charge is 2.23. The van der Waals surface area contributed by atoms with Crippen molar-refractivity contribution in [2.45, 2.75) is 45.3 Å². The second kappa shape index (κ2) is 6.88. The standard InChI is InChI=1S/C20H24N6O/c27-20-16-4-1-2-5-17(16)21-14-25(20)12-15-7-10-24(11-8-15)13-19-23-22-18-6-3-9-26(18)19/h1-2,4-5,14-15H,3,6-13H2. The molecule has 1 aromatic carbocycles. The minimum atomic E-state index is 0.0713. The van der Waals surface area contributed by atoms with Crippen LogP contribution in [-0.2, 0) is 26.1 Å². The fourth-order valence-electron chi connectivity index (χ4n) is 4.37. The van der Waals surface area contributed by atoms with Gasteiger partial charge in [0.15, 0.2) is 0 Å². The number of rotatable bonds is 4.